The second-order valence-corrected chi connectivity index (χ2v) is 7.00. The van der Waals surface area contributed by atoms with Crippen molar-refractivity contribution in [2.75, 3.05) is 25.2 Å². The molecule has 0 unspecified atom stereocenters. The van der Waals surface area contributed by atoms with Gasteiger partial charge in [-0.05, 0) is 23.6 Å². The number of nitrogens with zero attached hydrogens (tertiary/aromatic N) is 2. The number of amides is 1. The zero-order chi connectivity index (χ0) is 16.3. The van der Waals surface area contributed by atoms with Crippen LogP contribution in [-0.2, 0) is 14.8 Å². The molecule has 0 spiro atoms. The first-order valence-electron chi connectivity index (χ1n) is 6.53. The Hall–Kier alpha value is -2.06. The fourth-order valence-electron chi connectivity index (χ4n) is 1.86. The van der Waals surface area contributed by atoms with E-state index in [0.29, 0.717) is 5.39 Å². The van der Waals surface area contributed by atoms with E-state index in [4.69, 9.17) is 0 Å². The summed E-state index contributed by atoms with van der Waals surface area (Å²) in [5.74, 6) is -0.559. The highest BCUT2D eigenvalue weighted by molar-refractivity contribution is 7.88. The summed E-state index contributed by atoms with van der Waals surface area (Å²) in [4.78, 5) is 15.9. The minimum Gasteiger partial charge on any atom is -0.310 e. The number of sulfonamides is 1. The summed E-state index contributed by atoms with van der Waals surface area (Å²) in [6.07, 6.45) is 2.56. The second-order valence-electron chi connectivity index (χ2n) is 4.91. The molecule has 22 heavy (non-hydrogen) atoms. The van der Waals surface area contributed by atoms with E-state index in [2.05, 4.69) is 10.3 Å². The Morgan fingerprint density at radius 1 is 1.36 bits per heavy atom. The van der Waals surface area contributed by atoms with Crippen molar-refractivity contribution in [2.24, 2.45) is 0 Å². The van der Waals surface area contributed by atoms with Crippen molar-refractivity contribution in [3.05, 3.63) is 36.3 Å². The fraction of sp³-hybridized carbons (Fsp3) is 0.286. The van der Waals surface area contributed by atoms with E-state index in [1.807, 2.05) is 0 Å². The first kappa shape index (κ1) is 16.3. The molecule has 1 aromatic heterocycles. The average Bonchev–Trinajstić information content (AvgIpc) is 2.44. The van der Waals surface area contributed by atoms with E-state index in [9.17, 15) is 17.6 Å². The number of halogens is 1. The van der Waals surface area contributed by atoms with Gasteiger partial charge in [-0.3, -0.25) is 4.79 Å². The Labute approximate surface area is 128 Å². The maximum absolute atomic E-state index is 13.3. The number of hydrogen-bond acceptors (Lipinski definition) is 4. The molecule has 1 aromatic carbocycles. The molecule has 8 heteroatoms. The van der Waals surface area contributed by atoms with E-state index in [0.717, 1.165) is 15.9 Å². The SMILES string of the molecule is CN(CCC(=O)Nc1nccc2ccc(F)cc12)S(C)(=O)=O. The van der Waals surface area contributed by atoms with Crippen molar-refractivity contribution in [2.45, 2.75) is 6.42 Å². The van der Waals surface area contributed by atoms with Gasteiger partial charge in [-0.25, -0.2) is 22.1 Å². The predicted molar refractivity (Wildman–Crippen MR) is 82.4 cm³/mol. The van der Waals surface area contributed by atoms with Gasteiger partial charge in [-0.15, -0.1) is 0 Å². The van der Waals surface area contributed by atoms with E-state index < -0.39 is 15.8 Å². The van der Waals surface area contributed by atoms with Crippen LogP contribution in [0.1, 0.15) is 6.42 Å². The lowest BCUT2D eigenvalue weighted by Crippen LogP contribution is -2.29. The number of benzene rings is 1. The number of pyridine rings is 1. The summed E-state index contributed by atoms with van der Waals surface area (Å²) < 4.78 is 36.9. The molecule has 1 N–H and O–H groups in total. The predicted octanol–water partition coefficient (Wildman–Crippen LogP) is 1.59. The highest BCUT2D eigenvalue weighted by Gasteiger charge is 2.13. The third-order valence-electron chi connectivity index (χ3n) is 3.21. The molecule has 1 amide bonds. The van der Waals surface area contributed by atoms with Crippen LogP contribution in [-0.4, -0.2) is 43.5 Å². The van der Waals surface area contributed by atoms with Gasteiger partial charge in [0.05, 0.1) is 6.26 Å². The maximum atomic E-state index is 13.3. The Morgan fingerprint density at radius 3 is 2.77 bits per heavy atom. The third kappa shape index (κ3) is 3.99. The summed E-state index contributed by atoms with van der Waals surface area (Å²) in [5.41, 5.74) is 0. The average molecular weight is 325 g/mol. The second kappa shape index (κ2) is 6.37. The van der Waals surface area contributed by atoms with Crippen LogP contribution in [0.4, 0.5) is 10.2 Å². The number of fused-ring (bicyclic) bond motifs is 1. The quantitative estimate of drug-likeness (QED) is 0.905. The molecule has 118 valence electrons. The van der Waals surface area contributed by atoms with Crippen LogP contribution in [0.2, 0.25) is 0 Å². The number of rotatable bonds is 5. The molecule has 0 aliphatic carbocycles. The lowest BCUT2D eigenvalue weighted by molar-refractivity contribution is -0.116. The van der Waals surface area contributed by atoms with Crippen molar-refractivity contribution in [1.29, 1.82) is 0 Å². The number of carbonyl (C=O) groups is 1. The minimum atomic E-state index is -3.32. The van der Waals surface area contributed by atoms with Gasteiger partial charge in [0.15, 0.2) is 0 Å². The molecular formula is C14H16FN3O3S. The molecule has 0 aliphatic heterocycles. The Kier molecular flexibility index (Phi) is 4.72. The van der Waals surface area contributed by atoms with E-state index in [1.54, 1.807) is 12.1 Å². The normalized spacial score (nSPS) is 11.8. The van der Waals surface area contributed by atoms with Gasteiger partial charge in [0.25, 0.3) is 0 Å². The molecule has 1 heterocycles. The van der Waals surface area contributed by atoms with Gasteiger partial charge in [0.2, 0.25) is 15.9 Å². The van der Waals surface area contributed by atoms with Gasteiger partial charge in [0.1, 0.15) is 11.6 Å². The van der Waals surface area contributed by atoms with E-state index in [1.165, 1.54) is 25.4 Å². The molecule has 2 rings (SSSR count). The van der Waals surface area contributed by atoms with E-state index >= 15 is 0 Å². The number of anilines is 1. The fourth-order valence-corrected chi connectivity index (χ4v) is 2.28. The Bertz CT molecular complexity index is 808. The summed E-state index contributed by atoms with van der Waals surface area (Å²) >= 11 is 0. The molecule has 0 atom stereocenters. The standard InChI is InChI=1S/C14H16FN3O3S/c1-18(22(2,20)21)8-6-13(19)17-14-12-9-11(15)4-3-10(12)5-7-16-14/h3-5,7,9H,6,8H2,1-2H3,(H,16,17,19). The summed E-state index contributed by atoms with van der Waals surface area (Å²) in [7, 11) is -1.93. The van der Waals surface area contributed by atoms with Crippen molar-refractivity contribution < 1.29 is 17.6 Å². The Morgan fingerprint density at radius 2 is 2.09 bits per heavy atom. The highest BCUT2D eigenvalue weighted by atomic mass is 32.2. The Balaban J connectivity index is 2.11. The molecule has 0 radical (unpaired) electrons. The van der Waals surface area contributed by atoms with Crippen LogP contribution in [0, 0.1) is 5.82 Å². The molecule has 0 saturated carbocycles. The monoisotopic (exact) mass is 325 g/mol. The zero-order valence-electron chi connectivity index (χ0n) is 12.2. The zero-order valence-corrected chi connectivity index (χ0v) is 13.0. The van der Waals surface area contributed by atoms with Crippen LogP contribution >= 0.6 is 0 Å². The van der Waals surface area contributed by atoms with Gasteiger partial charge < -0.3 is 5.32 Å². The van der Waals surface area contributed by atoms with Crippen LogP contribution < -0.4 is 5.32 Å². The first-order chi connectivity index (χ1) is 10.3. The molecule has 0 bridgehead atoms. The number of carbonyl (C=O) groups excluding carboxylic acids is 1. The lowest BCUT2D eigenvalue weighted by atomic mass is 10.1. The third-order valence-corrected chi connectivity index (χ3v) is 4.52. The van der Waals surface area contributed by atoms with Gasteiger partial charge >= 0.3 is 0 Å². The molecule has 0 aliphatic rings. The van der Waals surface area contributed by atoms with Gasteiger partial charge in [-0.2, -0.15) is 0 Å². The molecule has 0 fully saturated rings. The van der Waals surface area contributed by atoms with Crippen LogP contribution in [0.3, 0.4) is 0 Å². The minimum absolute atomic E-state index is 0.0169. The summed E-state index contributed by atoms with van der Waals surface area (Å²) in [6, 6.07) is 5.93. The molecular weight excluding hydrogens is 309 g/mol. The largest absolute Gasteiger partial charge is 0.310 e. The molecule has 2 aromatic rings. The summed E-state index contributed by atoms with van der Waals surface area (Å²) in [6.45, 7) is 0.0593. The topological polar surface area (TPSA) is 79.4 Å². The van der Waals surface area contributed by atoms with Crippen LogP contribution in [0.25, 0.3) is 10.8 Å². The number of aromatic nitrogens is 1. The lowest BCUT2D eigenvalue weighted by Gasteiger charge is -2.13. The molecule has 6 nitrogen and oxygen atoms in total. The van der Waals surface area contributed by atoms with Crippen molar-refractivity contribution in [3.8, 4) is 0 Å². The van der Waals surface area contributed by atoms with Gasteiger partial charge in [0, 0.05) is 31.6 Å². The smallest absolute Gasteiger partial charge is 0.226 e. The van der Waals surface area contributed by atoms with Crippen molar-refractivity contribution in [1.82, 2.24) is 9.29 Å². The van der Waals surface area contributed by atoms with Crippen LogP contribution in [0.5, 0.6) is 0 Å². The van der Waals surface area contributed by atoms with Gasteiger partial charge in [-0.1, -0.05) is 6.07 Å². The molecule has 0 saturated heterocycles. The van der Waals surface area contributed by atoms with Crippen molar-refractivity contribution in [3.63, 3.8) is 0 Å². The first-order valence-corrected chi connectivity index (χ1v) is 8.37. The highest BCUT2D eigenvalue weighted by Crippen LogP contribution is 2.22. The maximum Gasteiger partial charge on any atom is 0.226 e. The van der Waals surface area contributed by atoms with Crippen LogP contribution in [0.15, 0.2) is 30.5 Å². The van der Waals surface area contributed by atoms with Crippen molar-refractivity contribution >= 4 is 32.5 Å². The number of hydrogen-bond donors (Lipinski definition) is 1. The van der Waals surface area contributed by atoms with E-state index in [-0.39, 0.29) is 24.7 Å². The number of nitrogens with one attached hydrogen (secondary N) is 1. The summed E-state index contributed by atoms with van der Waals surface area (Å²) in [5, 5.41) is 3.82.